The van der Waals surface area contributed by atoms with Crippen LogP contribution in [0.5, 0.6) is 0 Å². The van der Waals surface area contributed by atoms with E-state index in [-0.39, 0.29) is 29.9 Å². The molecule has 2 atom stereocenters. The molecule has 2 aromatic carbocycles. The van der Waals surface area contributed by atoms with E-state index in [4.69, 9.17) is 4.74 Å². The average Bonchev–Trinajstić information content (AvgIpc) is 3.55. The van der Waals surface area contributed by atoms with Crippen LogP contribution in [0.1, 0.15) is 69.9 Å². The van der Waals surface area contributed by atoms with Gasteiger partial charge in [-0.25, -0.2) is 9.59 Å². The smallest absolute Gasteiger partial charge is 0.411 e. The summed E-state index contributed by atoms with van der Waals surface area (Å²) in [7, 11) is 0. The summed E-state index contributed by atoms with van der Waals surface area (Å²) in [5.41, 5.74) is 3.56. The summed E-state index contributed by atoms with van der Waals surface area (Å²) in [5, 5.41) is 10.4. The second-order valence-corrected chi connectivity index (χ2v) is 10.9. The molecule has 0 saturated heterocycles. The minimum Gasteiger partial charge on any atom is -0.479 e. The van der Waals surface area contributed by atoms with E-state index in [1.807, 2.05) is 31.2 Å². The van der Waals surface area contributed by atoms with Gasteiger partial charge in [0, 0.05) is 12.0 Å². The molecule has 2 fully saturated rings. The third-order valence-corrected chi connectivity index (χ3v) is 8.10. The number of fused-ring (bicyclic) bond motifs is 3. The molecule has 0 heterocycles. The molecule has 3 aliphatic carbocycles. The summed E-state index contributed by atoms with van der Waals surface area (Å²) in [6.45, 7) is 6.57. The van der Waals surface area contributed by atoms with Crippen molar-refractivity contribution >= 4 is 12.1 Å². The number of carboxylic acids is 1. The van der Waals surface area contributed by atoms with Gasteiger partial charge in [0.15, 0.2) is 0 Å². The maximum atomic E-state index is 13.6. The first-order valence-corrected chi connectivity index (χ1v) is 12.1. The van der Waals surface area contributed by atoms with E-state index in [1.54, 1.807) is 4.90 Å². The summed E-state index contributed by atoms with van der Waals surface area (Å²) >= 11 is 0. The summed E-state index contributed by atoms with van der Waals surface area (Å²) < 4.78 is 5.96. The highest BCUT2D eigenvalue weighted by atomic mass is 16.6. The molecule has 5 heteroatoms. The molecule has 0 spiro atoms. The largest absolute Gasteiger partial charge is 0.479 e. The SMILES string of the molecule is CC1CC(C)(C)CCC1(C(=O)O)N(C(=O)OCC1c2ccccc2-c2ccccc21)C1CC1. The van der Waals surface area contributed by atoms with Crippen molar-refractivity contribution in [1.82, 2.24) is 4.90 Å². The number of ether oxygens (including phenoxy) is 1. The maximum Gasteiger partial charge on any atom is 0.411 e. The molecule has 174 valence electrons. The van der Waals surface area contributed by atoms with Gasteiger partial charge in [0.2, 0.25) is 0 Å². The lowest BCUT2D eigenvalue weighted by Crippen LogP contribution is -2.64. The molecule has 2 saturated carbocycles. The molecule has 2 unspecified atom stereocenters. The second kappa shape index (κ2) is 7.89. The molecule has 1 amide bonds. The van der Waals surface area contributed by atoms with E-state index < -0.39 is 17.6 Å². The van der Waals surface area contributed by atoms with Crippen LogP contribution in [0.3, 0.4) is 0 Å². The van der Waals surface area contributed by atoms with Gasteiger partial charge in [-0.05, 0) is 65.7 Å². The van der Waals surface area contributed by atoms with E-state index in [0.29, 0.717) is 6.42 Å². The van der Waals surface area contributed by atoms with Crippen molar-refractivity contribution in [3.8, 4) is 11.1 Å². The molecule has 3 aliphatic rings. The lowest BCUT2D eigenvalue weighted by atomic mass is 9.63. The Hall–Kier alpha value is -2.82. The maximum absolute atomic E-state index is 13.6. The zero-order chi connectivity index (χ0) is 23.4. The van der Waals surface area contributed by atoms with Crippen molar-refractivity contribution in [1.29, 1.82) is 0 Å². The number of benzene rings is 2. The Bertz CT molecular complexity index is 1040. The van der Waals surface area contributed by atoms with Gasteiger partial charge in [0.05, 0.1) is 0 Å². The fraction of sp³-hybridized carbons (Fsp3) is 0.500. The number of hydrogen-bond donors (Lipinski definition) is 1. The van der Waals surface area contributed by atoms with Crippen LogP contribution < -0.4 is 0 Å². The summed E-state index contributed by atoms with van der Waals surface area (Å²) in [5.74, 6) is -1.07. The number of carbonyl (C=O) groups excluding carboxylic acids is 1. The number of amides is 1. The van der Waals surface area contributed by atoms with Gasteiger partial charge >= 0.3 is 12.1 Å². The molecule has 0 bridgehead atoms. The highest BCUT2D eigenvalue weighted by Crippen LogP contribution is 2.50. The Morgan fingerprint density at radius 1 is 1.00 bits per heavy atom. The van der Waals surface area contributed by atoms with Crippen molar-refractivity contribution < 1.29 is 19.4 Å². The first-order valence-electron chi connectivity index (χ1n) is 12.1. The minimum atomic E-state index is -1.20. The fourth-order valence-corrected chi connectivity index (χ4v) is 6.29. The average molecular weight is 448 g/mol. The quantitative estimate of drug-likeness (QED) is 0.604. The monoisotopic (exact) mass is 447 g/mol. The molecule has 2 aromatic rings. The summed E-state index contributed by atoms with van der Waals surface area (Å²) in [4.78, 5) is 27.9. The Morgan fingerprint density at radius 2 is 1.58 bits per heavy atom. The zero-order valence-electron chi connectivity index (χ0n) is 19.7. The number of carbonyl (C=O) groups is 2. The van der Waals surface area contributed by atoms with Crippen LogP contribution in [0.15, 0.2) is 48.5 Å². The van der Waals surface area contributed by atoms with Gasteiger partial charge in [-0.3, -0.25) is 4.90 Å². The Morgan fingerprint density at radius 3 is 2.09 bits per heavy atom. The van der Waals surface area contributed by atoms with Gasteiger partial charge in [-0.2, -0.15) is 0 Å². The highest BCUT2D eigenvalue weighted by molar-refractivity contribution is 5.86. The first-order chi connectivity index (χ1) is 15.7. The normalized spacial score (nSPS) is 25.7. The fourth-order valence-electron chi connectivity index (χ4n) is 6.29. The predicted octanol–water partition coefficient (Wildman–Crippen LogP) is 6.07. The van der Waals surface area contributed by atoms with Gasteiger partial charge in [0.1, 0.15) is 12.1 Å². The number of nitrogens with zero attached hydrogens (tertiary/aromatic N) is 1. The van der Waals surface area contributed by atoms with E-state index in [1.165, 1.54) is 11.1 Å². The van der Waals surface area contributed by atoms with Crippen molar-refractivity contribution in [2.24, 2.45) is 11.3 Å². The predicted molar refractivity (Wildman–Crippen MR) is 127 cm³/mol. The third kappa shape index (κ3) is 3.62. The van der Waals surface area contributed by atoms with Crippen molar-refractivity contribution in [2.45, 2.75) is 70.4 Å². The van der Waals surface area contributed by atoms with E-state index >= 15 is 0 Å². The van der Waals surface area contributed by atoms with Crippen LogP contribution >= 0.6 is 0 Å². The van der Waals surface area contributed by atoms with Crippen LogP contribution in [-0.2, 0) is 9.53 Å². The minimum absolute atomic E-state index is 0.0362. The van der Waals surface area contributed by atoms with Gasteiger partial charge in [0.25, 0.3) is 0 Å². The molecule has 33 heavy (non-hydrogen) atoms. The molecule has 0 aromatic heterocycles. The highest BCUT2D eigenvalue weighted by Gasteiger charge is 2.58. The van der Waals surface area contributed by atoms with Gasteiger partial charge < -0.3 is 9.84 Å². The molecule has 5 nitrogen and oxygen atoms in total. The van der Waals surface area contributed by atoms with Crippen LogP contribution in [0.4, 0.5) is 4.79 Å². The Balaban J connectivity index is 1.41. The second-order valence-electron chi connectivity index (χ2n) is 10.9. The summed E-state index contributed by atoms with van der Waals surface area (Å²) in [6, 6.07) is 16.5. The first kappa shape index (κ1) is 22.0. The van der Waals surface area contributed by atoms with E-state index in [2.05, 4.69) is 38.1 Å². The lowest BCUT2D eigenvalue weighted by Gasteiger charge is -2.50. The van der Waals surface area contributed by atoms with Crippen LogP contribution in [0.25, 0.3) is 11.1 Å². The number of carboxylic acid groups (broad SMARTS) is 1. The molecule has 1 N–H and O–H groups in total. The van der Waals surface area contributed by atoms with Crippen molar-refractivity contribution in [2.75, 3.05) is 6.61 Å². The van der Waals surface area contributed by atoms with Crippen molar-refractivity contribution in [3.63, 3.8) is 0 Å². The van der Waals surface area contributed by atoms with Crippen LogP contribution in [-0.4, -0.2) is 40.3 Å². The van der Waals surface area contributed by atoms with E-state index in [9.17, 15) is 14.7 Å². The Kier molecular flexibility index (Phi) is 5.26. The van der Waals surface area contributed by atoms with E-state index in [0.717, 1.165) is 36.8 Å². The number of rotatable bonds is 5. The molecule has 0 radical (unpaired) electrons. The Labute approximate surface area is 195 Å². The lowest BCUT2D eigenvalue weighted by molar-refractivity contribution is -0.160. The van der Waals surface area contributed by atoms with Crippen LogP contribution in [0, 0.1) is 11.3 Å². The topological polar surface area (TPSA) is 66.8 Å². The zero-order valence-corrected chi connectivity index (χ0v) is 19.7. The van der Waals surface area contributed by atoms with Crippen LogP contribution in [0.2, 0.25) is 0 Å². The standard InChI is InChI=1S/C28H33NO4/c1-18-16-27(2,3)14-15-28(18,25(30)31)29(19-12-13-19)26(32)33-17-24-22-10-6-4-8-20(22)21-9-5-7-11-23(21)24/h4-11,18-19,24H,12-17H2,1-3H3,(H,30,31). The molecule has 0 aliphatic heterocycles. The van der Waals surface area contributed by atoms with Crippen molar-refractivity contribution in [3.05, 3.63) is 59.7 Å². The molecular weight excluding hydrogens is 414 g/mol. The number of aliphatic carboxylic acids is 1. The van der Waals surface area contributed by atoms with Gasteiger partial charge in [-0.1, -0.05) is 69.3 Å². The number of hydrogen-bond acceptors (Lipinski definition) is 3. The molecular formula is C28H33NO4. The molecule has 5 rings (SSSR count). The third-order valence-electron chi connectivity index (χ3n) is 8.10. The van der Waals surface area contributed by atoms with Gasteiger partial charge in [-0.15, -0.1) is 0 Å². The summed E-state index contributed by atoms with van der Waals surface area (Å²) in [6.07, 6.45) is 3.23.